The molecule has 7 nitrogen and oxygen atoms in total. The van der Waals surface area contributed by atoms with E-state index in [2.05, 4.69) is 10.6 Å². The van der Waals surface area contributed by atoms with Crippen molar-refractivity contribution in [1.29, 1.82) is 0 Å². The van der Waals surface area contributed by atoms with E-state index in [0.717, 1.165) is 11.4 Å². The van der Waals surface area contributed by atoms with Gasteiger partial charge < -0.3 is 19.9 Å². The van der Waals surface area contributed by atoms with E-state index in [1.807, 2.05) is 30.5 Å². The van der Waals surface area contributed by atoms with Gasteiger partial charge in [0.15, 0.2) is 6.61 Å². The van der Waals surface area contributed by atoms with Gasteiger partial charge in [-0.15, -0.1) is 0 Å². The minimum absolute atomic E-state index is 0.0596. The van der Waals surface area contributed by atoms with Gasteiger partial charge in [0.1, 0.15) is 6.54 Å². The number of carbonyl (C=O) groups is 3. The van der Waals surface area contributed by atoms with Crippen molar-refractivity contribution in [2.45, 2.75) is 20.4 Å². The summed E-state index contributed by atoms with van der Waals surface area (Å²) in [7, 11) is 1.53. The highest BCUT2D eigenvalue weighted by atomic mass is 16.5. The van der Waals surface area contributed by atoms with Crippen LogP contribution in [0.5, 0.6) is 0 Å². The third-order valence-electron chi connectivity index (χ3n) is 3.70. The van der Waals surface area contributed by atoms with E-state index in [9.17, 15) is 14.4 Å². The number of rotatable bonds is 6. The van der Waals surface area contributed by atoms with Gasteiger partial charge in [0, 0.05) is 29.7 Å². The Morgan fingerprint density at radius 2 is 1.76 bits per heavy atom. The van der Waals surface area contributed by atoms with Crippen LogP contribution in [0.25, 0.3) is 0 Å². The highest BCUT2D eigenvalue weighted by molar-refractivity contribution is 5.97. The molecule has 0 saturated heterocycles. The van der Waals surface area contributed by atoms with Crippen LogP contribution in [0.3, 0.4) is 0 Å². The lowest BCUT2D eigenvalue weighted by molar-refractivity contribution is -0.147. The molecule has 0 spiro atoms. The quantitative estimate of drug-likeness (QED) is 0.781. The number of ether oxygens (including phenoxy) is 1. The van der Waals surface area contributed by atoms with Gasteiger partial charge in [-0.3, -0.25) is 14.4 Å². The Bertz CT molecular complexity index is 776. The second-order valence-electron chi connectivity index (χ2n) is 5.57. The summed E-state index contributed by atoms with van der Waals surface area (Å²) in [6, 6.07) is 10.3. The molecule has 0 fully saturated rings. The fraction of sp³-hybridized carbons (Fsp3) is 0.278. The Labute approximate surface area is 146 Å². The zero-order valence-corrected chi connectivity index (χ0v) is 14.5. The fourth-order valence-corrected chi connectivity index (χ4v) is 2.35. The highest BCUT2D eigenvalue weighted by Crippen LogP contribution is 2.11. The normalized spacial score (nSPS) is 10.2. The minimum atomic E-state index is -0.489. The summed E-state index contributed by atoms with van der Waals surface area (Å²) >= 11 is 0. The van der Waals surface area contributed by atoms with E-state index in [1.165, 1.54) is 7.05 Å². The van der Waals surface area contributed by atoms with Gasteiger partial charge in [0.05, 0.1) is 0 Å². The van der Waals surface area contributed by atoms with Gasteiger partial charge in [-0.1, -0.05) is 6.07 Å². The van der Waals surface area contributed by atoms with Crippen molar-refractivity contribution in [2.75, 3.05) is 19.0 Å². The lowest BCUT2D eigenvalue weighted by atomic mass is 10.2. The van der Waals surface area contributed by atoms with Crippen molar-refractivity contribution in [1.82, 2.24) is 9.88 Å². The van der Waals surface area contributed by atoms with Crippen molar-refractivity contribution >= 4 is 23.5 Å². The predicted molar refractivity (Wildman–Crippen MR) is 93.3 cm³/mol. The number of aryl methyl sites for hydroxylation is 2. The topological polar surface area (TPSA) is 89.4 Å². The first-order chi connectivity index (χ1) is 11.9. The number of nitrogens with zero attached hydrogens (tertiary/aromatic N) is 1. The Morgan fingerprint density at radius 1 is 1.08 bits per heavy atom. The first-order valence-corrected chi connectivity index (χ1v) is 7.81. The van der Waals surface area contributed by atoms with Gasteiger partial charge in [-0.2, -0.15) is 0 Å². The van der Waals surface area contributed by atoms with Crippen LogP contribution in [0, 0.1) is 13.8 Å². The van der Waals surface area contributed by atoms with E-state index in [0.29, 0.717) is 11.3 Å². The Kier molecular flexibility index (Phi) is 5.94. The van der Waals surface area contributed by atoms with Gasteiger partial charge >= 0.3 is 5.97 Å². The van der Waals surface area contributed by atoms with E-state index < -0.39 is 11.9 Å². The molecule has 0 aliphatic heterocycles. The number of carbonyl (C=O) groups excluding carboxylic acids is 3. The summed E-state index contributed by atoms with van der Waals surface area (Å²) in [5, 5.41) is 5.10. The molecule has 2 rings (SSSR count). The molecule has 0 unspecified atom stereocenters. The Hall–Kier alpha value is -3.09. The molecule has 2 N–H and O–H groups in total. The zero-order valence-electron chi connectivity index (χ0n) is 14.5. The highest BCUT2D eigenvalue weighted by Gasteiger charge is 2.11. The molecular weight excluding hydrogens is 322 g/mol. The Morgan fingerprint density at radius 3 is 2.40 bits per heavy atom. The monoisotopic (exact) mass is 343 g/mol. The summed E-state index contributed by atoms with van der Waals surface area (Å²) in [6.07, 6.45) is 0. The maximum Gasteiger partial charge on any atom is 0.326 e. The number of amides is 2. The fourth-order valence-electron chi connectivity index (χ4n) is 2.35. The molecule has 0 radical (unpaired) electrons. The van der Waals surface area contributed by atoms with E-state index in [-0.39, 0.29) is 19.1 Å². The summed E-state index contributed by atoms with van der Waals surface area (Å²) in [4.78, 5) is 35.4. The molecule has 0 aliphatic rings. The van der Waals surface area contributed by atoms with E-state index in [1.54, 1.807) is 24.3 Å². The van der Waals surface area contributed by atoms with Crippen LogP contribution in [0.4, 0.5) is 5.69 Å². The molecule has 0 aliphatic carbocycles. The van der Waals surface area contributed by atoms with Gasteiger partial charge in [0.25, 0.3) is 11.8 Å². The molecular formula is C18H21N3O4. The van der Waals surface area contributed by atoms with Crippen LogP contribution in [0.2, 0.25) is 0 Å². The summed E-state index contributed by atoms with van der Waals surface area (Å²) < 4.78 is 6.82. The number of anilines is 1. The lowest BCUT2D eigenvalue weighted by Gasteiger charge is -2.10. The van der Waals surface area contributed by atoms with E-state index in [4.69, 9.17) is 4.74 Å². The average molecular weight is 343 g/mol. The van der Waals surface area contributed by atoms with Crippen LogP contribution in [0.1, 0.15) is 21.7 Å². The van der Waals surface area contributed by atoms with Crippen molar-refractivity contribution in [3.63, 3.8) is 0 Å². The van der Waals surface area contributed by atoms with Crippen molar-refractivity contribution in [2.24, 2.45) is 0 Å². The third kappa shape index (κ3) is 4.94. The number of esters is 1. The Balaban J connectivity index is 1.86. The molecule has 0 atom stereocenters. The minimum Gasteiger partial charge on any atom is -0.454 e. The summed E-state index contributed by atoms with van der Waals surface area (Å²) in [5.74, 6) is -1.21. The third-order valence-corrected chi connectivity index (χ3v) is 3.70. The molecule has 2 amide bonds. The second-order valence-corrected chi connectivity index (χ2v) is 5.57. The maximum absolute atomic E-state index is 11.9. The first-order valence-electron chi connectivity index (χ1n) is 7.81. The smallest absolute Gasteiger partial charge is 0.326 e. The molecule has 0 saturated carbocycles. The number of hydrogen-bond donors (Lipinski definition) is 2. The van der Waals surface area contributed by atoms with Crippen LogP contribution >= 0.6 is 0 Å². The molecule has 0 bridgehead atoms. The average Bonchev–Trinajstić information content (AvgIpc) is 2.91. The molecule has 25 heavy (non-hydrogen) atoms. The zero-order chi connectivity index (χ0) is 18.4. The van der Waals surface area contributed by atoms with Crippen LogP contribution < -0.4 is 10.6 Å². The van der Waals surface area contributed by atoms with Crippen molar-refractivity contribution in [3.05, 3.63) is 53.3 Å². The number of hydrogen-bond acceptors (Lipinski definition) is 4. The summed E-state index contributed by atoms with van der Waals surface area (Å²) in [6.45, 7) is 3.46. The van der Waals surface area contributed by atoms with Gasteiger partial charge in [0.2, 0.25) is 0 Å². The standard InChI is InChI=1S/C18H21N3O4/c1-12-7-8-13(2)21(12)10-17(23)25-11-16(22)20-15-6-4-5-14(9-15)18(24)19-3/h4-9H,10-11H2,1-3H3,(H,19,24)(H,20,22). The molecule has 1 aromatic heterocycles. The van der Waals surface area contributed by atoms with Crippen LogP contribution in [-0.2, 0) is 20.9 Å². The molecule has 1 heterocycles. The number of benzene rings is 1. The van der Waals surface area contributed by atoms with Crippen molar-refractivity contribution < 1.29 is 19.1 Å². The van der Waals surface area contributed by atoms with Gasteiger partial charge in [-0.05, 0) is 44.2 Å². The maximum atomic E-state index is 11.9. The van der Waals surface area contributed by atoms with Crippen LogP contribution in [0.15, 0.2) is 36.4 Å². The molecule has 7 heteroatoms. The van der Waals surface area contributed by atoms with Gasteiger partial charge in [-0.25, -0.2) is 0 Å². The number of aromatic nitrogens is 1. The predicted octanol–water partition coefficient (Wildman–Crippen LogP) is 1.65. The largest absolute Gasteiger partial charge is 0.454 e. The van der Waals surface area contributed by atoms with Crippen molar-refractivity contribution in [3.8, 4) is 0 Å². The molecule has 1 aromatic carbocycles. The molecule has 2 aromatic rings. The first kappa shape index (κ1) is 18.3. The number of nitrogens with one attached hydrogen (secondary N) is 2. The SMILES string of the molecule is CNC(=O)c1cccc(NC(=O)COC(=O)Cn2c(C)ccc2C)c1. The van der Waals surface area contributed by atoms with Crippen LogP contribution in [-0.4, -0.2) is 36.0 Å². The molecule has 132 valence electrons. The van der Waals surface area contributed by atoms with E-state index >= 15 is 0 Å². The lowest BCUT2D eigenvalue weighted by Crippen LogP contribution is -2.24. The second kappa shape index (κ2) is 8.14. The summed E-state index contributed by atoms with van der Waals surface area (Å²) in [5.41, 5.74) is 2.78.